The summed E-state index contributed by atoms with van der Waals surface area (Å²) in [4.78, 5) is 0. The first kappa shape index (κ1) is 11.3. The molecule has 0 amide bonds. The van der Waals surface area contributed by atoms with Gasteiger partial charge < -0.3 is 10.1 Å². The molecule has 0 atom stereocenters. The summed E-state index contributed by atoms with van der Waals surface area (Å²) in [6, 6.07) is 6.56. The Bertz CT molecular complexity index is 396. The average molecular weight is 208 g/mol. The third kappa shape index (κ3) is 2.84. The number of nitrogens with zero attached hydrogens (tertiary/aromatic N) is 1. The van der Waals surface area contributed by atoms with Gasteiger partial charge in [0, 0.05) is 11.8 Å². The SMILES string of the molecule is COc1ccc(NC(C)(C)C#N)cc1F. The van der Waals surface area contributed by atoms with Crippen LogP contribution < -0.4 is 10.1 Å². The first-order valence-electron chi connectivity index (χ1n) is 4.51. The summed E-state index contributed by atoms with van der Waals surface area (Å²) in [6.07, 6.45) is 0. The molecule has 0 aromatic heterocycles. The van der Waals surface area contributed by atoms with E-state index in [0.29, 0.717) is 5.69 Å². The predicted octanol–water partition coefficient (Wildman–Crippen LogP) is 2.55. The van der Waals surface area contributed by atoms with Gasteiger partial charge in [0.25, 0.3) is 0 Å². The molecule has 1 aromatic rings. The first-order valence-corrected chi connectivity index (χ1v) is 4.51. The molecule has 1 rings (SSSR count). The Labute approximate surface area is 88.5 Å². The topological polar surface area (TPSA) is 45.0 Å². The van der Waals surface area contributed by atoms with Gasteiger partial charge in [-0.3, -0.25) is 0 Å². The van der Waals surface area contributed by atoms with Crippen LogP contribution in [0.2, 0.25) is 0 Å². The van der Waals surface area contributed by atoms with Crippen LogP contribution in [-0.2, 0) is 0 Å². The minimum atomic E-state index is -0.721. The zero-order chi connectivity index (χ0) is 11.5. The smallest absolute Gasteiger partial charge is 0.167 e. The van der Waals surface area contributed by atoms with Gasteiger partial charge in [0.15, 0.2) is 11.6 Å². The van der Waals surface area contributed by atoms with E-state index in [-0.39, 0.29) is 5.75 Å². The van der Waals surface area contributed by atoms with Crippen molar-refractivity contribution in [1.29, 1.82) is 5.26 Å². The third-order valence-electron chi connectivity index (χ3n) is 1.89. The first-order chi connectivity index (χ1) is 6.98. The second kappa shape index (κ2) is 4.18. The fourth-order valence-corrected chi connectivity index (χ4v) is 1.13. The molecule has 0 aliphatic heterocycles. The second-order valence-electron chi connectivity index (χ2n) is 3.71. The van der Waals surface area contributed by atoms with Gasteiger partial charge in [0.05, 0.1) is 13.2 Å². The fraction of sp³-hybridized carbons (Fsp3) is 0.364. The van der Waals surface area contributed by atoms with E-state index < -0.39 is 11.4 Å². The van der Waals surface area contributed by atoms with Gasteiger partial charge in [0.2, 0.25) is 0 Å². The van der Waals surface area contributed by atoms with Crippen molar-refractivity contribution in [2.75, 3.05) is 12.4 Å². The highest BCUT2D eigenvalue weighted by Crippen LogP contribution is 2.22. The molecular weight excluding hydrogens is 195 g/mol. The van der Waals surface area contributed by atoms with Crippen LogP contribution in [0.25, 0.3) is 0 Å². The highest BCUT2D eigenvalue weighted by molar-refractivity contribution is 5.50. The molecule has 4 heteroatoms. The summed E-state index contributed by atoms with van der Waals surface area (Å²) < 4.78 is 18.1. The molecule has 0 fully saturated rings. The maximum atomic E-state index is 13.3. The normalized spacial score (nSPS) is 10.6. The van der Waals surface area contributed by atoms with Crippen molar-refractivity contribution in [3.05, 3.63) is 24.0 Å². The summed E-state index contributed by atoms with van der Waals surface area (Å²) in [5, 5.41) is 11.7. The van der Waals surface area contributed by atoms with E-state index in [4.69, 9.17) is 10.00 Å². The Morgan fingerprint density at radius 1 is 1.47 bits per heavy atom. The lowest BCUT2D eigenvalue weighted by Crippen LogP contribution is -2.28. The van der Waals surface area contributed by atoms with Crippen molar-refractivity contribution in [2.45, 2.75) is 19.4 Å². The Morgan fingerprint density at radius 3 is 2.60 bits per heavy atom. The molecule has 0 radical (unpaired) electrons. The molecule has 80 valence electrons. The van der Waals surface area contributed by atoms with Crippen LogP contribution in [0.5, 0.6) is 5.75 Å². The monoisotopic (exact) mass is 208 g/mol. The van der Waals surface area contributed by atoms with E-state index in [1.807, 2.05) is 0 Å². The minimum Gasteiger partial charge on any atom is -0.494 e. The summed E-state index contributed by atoms with van der Waals surface area (Å²) in [6.45, 7) is 3.43. The van der Waals surface area contributed by atoms with E-state index >= 15 is 0 Å². The molecule has 0 aliphatic rings. The van der Waals surface area contributed by atoms with Crippen molar-refractivity contribution in [3.8, 4) is 11.8 Å². The number of nitriles is 1. The molecule has 0 heterocycles. The Kier molecular flexibility index (Phi) is 3.15. The maximum Gasteiger partial charge on any atom is 0.167 e. The van der Waals surface area contributed by atoms with Gasteiger partial charge in [-0.15, -0.1) is 0 Å². The second-order valence-corrected chi connectivity index (χ2v) is 3.71. The van der Waals surface area contributed by atoms with Crippen LogP contribution >= 0.6 is 0 Å². The van der Waals surface area contributed by atoms with Gasteiger partial charge in [-0.05, 0) is 26.0 Å². The summed E-state index contributed by atoms with van der Waals surface area (Å²) >= 11 is 0. The van der Waals surface area contributed by atoms with E-state index in [2.05, 4.69) is 11.4 Å². The Balaban J connectivity index is 2.90. The zero-order valence-corrected chi connectivity index (χ0v) is 8.97. The number of benzene rings is 1. The molecule has 15 heavy (non-hydrogen) atoms. The molecular formula is C11H13FN2O. The summed E-state index contributed by atoms with van der Waals surface area (Å²) in [5.74, 6) is -0.258. The predicted molar refractivity (Wildman–Crippen MR) is 56.3 cm³/mol. The quantitative estimate of drug-likeness (QED) is 0.830. The van der Waals surface area contributed by atoms with Crippen LogP contribution in [0.3, 0.4) is 0 Å². The standard InChI is InChI=1S/C11H13FN2O/c1-11(2,7-13)14-8-4-5-10(15-3)9(12)6-8/h4-6,14H,1-3H3. The van der Waals surface area contributed by atoms with Crippen molar-refractivity contribution < 1.29 is 9.13 Å². The van der Waals surface area contributed by atoms with Gasteiger partial charge in [-0.2, -0.15) is 5.26 Å². The number of methoxy groups -OCH3 is 1. The van der Waals surface area contributed by atoms with Crippen LogP contribution in [0.1, 0.15) is 13.8 Å². The van der Waals surface area contributed by atoms with Gasteiger partial charge in [-0.25, -0.2) is 4.39 Å². The zero-order valence-electron chi connectivity index (χ0n) is 8.97. The van der Waals surface area contributed by atoms with Crippen molar-refractivity contribution in [2.24, 2.45) is 0 Å². The fourth-order valence-electron chi connectivity index (χ4n) is 1.13. The Hall–Kier alpha value is -1.76. The number of anilines is 1. The molecule has 1 N–H and O–H groups in total. The number of rotatable bonds is 3. The molecule has 0 aliphatic carbocycles. The van der Waals surface area contributed by atoms with Crippen LogP contribution in [0.15, 0.2) is 18.2 Å². The highest BCUT2D eigenvalue weighted by Gasteiger charge is 2.16. The lowest BCUT2D eigenvalue weighted by Gasteiger charge is -2.19. The molecule has 0 bridgehead atoms. The van der Waals surface area contributed by atoms with Crippen molar-refractivity contribution in [3.63, 3.8) is 0 Å². The van der Waals surface area contributed by atoms with Crippen LogP contribution in [0, 0.1) is 17.1 Å². The number of nitrogens with one attached hydrogen (secondary N) is 1. The van der Waals surface area contributed by atoms with E-state index in [0.717, 1.165) is 0 Å². The minimum absolute atomic E-state index is 0.190. The molecule has 0 spiro atoms. The van der Waals surface area contributed by atoms with Crippen molar-refractivity contribution in [1.82, 2.24) is 0 Å². The van der Waals surface area contributed by atoms with Crippen molar-refractivity contribution >= 4 is 5.69 Å². The summed E-state index contributed by atoms with van der Waals surface area (Å²) in [5.41, 5.74) is -0.166. The average Bonchev–Trinajstić information content (AvgIpc) is 2.17. The molecule has 1 aromatic carbocycles. The van der Waals surface area contributed by atoms with E-state index in [1.54, 1.807) is 19.9 Å². The highest BCUT2D eigenvalue weighted by atomic mass is 19.1. The van der Waals surface area contributed by atoms with Gasteiger partial charge >= 0.3 is 0 Å². The molecule has 0 saturated heterocycles. The third-order valence-corrected chi connectivity index (χ3v) is 1.89. The molecule has 0 saturated carbocycles. The maximum absolute atomic E-state index is 13.3. The Morgan fingerprint density at radius 2 is 2.13 bits per heavy atom. The number of hydrogen-bond acceptors (Lipinski definition) is 3. The lowest BCUT2D eigenvalue weighted by molar-refractivity contribution is 0.386. The van der Waals surface area contributed by atoms with Gasteiger partial charge in [-0.1, -0.05) is 0 Å². The molecule has 3 nitrogen and oxygen atoms in total. The van der Waals surface area contributed by atoms with Crippen LogP contribution in [0.4, 0.5) is 10.1 Å². The largest absolute Gasteiger partial charge is 0.494 e. The number of ether oxygens (including phenoxy) is 1. The van der Waals surface area contributed by atoms with E-state index in [1.165, 1.54) is 19.2 Å². The molecule has 0 unspecified atom stereocenters. The lowest BCUT2D eigenvalue weighted by atomic mass is 10.1. The summed E-state index contributed by atoms with van der Waals surface area (Å²) in [7, 11) is 1.41. The van der Waals surface area contributed by atoms with Crippen LogP contribution in [-0.4, -0.2) is 12.6 Å². The number of halogens is 1. The number of hydrogen-bond donors (Lipinski definition) is 1. The van der Waals surface area contributed by atoms with E-state index in [9.17, 15) is 4.39 Å². The van der Waals surface area contributed by atoms with Gasteiger partial charge in [0.1, 0.15) is 5.54 Å².